The molecule has 0 unspecified atom stereocenters. The van der Waals surface area contributed by atoms with Crippen LogP contribution in [0.3, 0.4) is 0 Å². The molecule has 1 saturated carbocycles. The molecule has 1 N–H and O–H groups in total. The first-order valence-electron chi connectivity index (χ1n) is 6.69. The first kappa shape index (κ1) is 16.2. The number of carbonyl (C=O) groups excluding carboxylic acids is 1. The van der Waals surface area contributed by atoms with E-state index in [1.807, 2.05) is 0 Å². The van der Waals surface area contributed by atoms with Gasteiger partial charge >= 0.3 is 6.18 Å². The van der Waals surface area contributed by atoms with Gasteiger partial charge in [0.25, 0.3) is 0 Å². The highest BCUT2D eigenvalue weighted by atomic mass is 35.5. The molecule has 124 valence electrons. The van der Waals surface area contributed by atoms with Crippen molar-refractivity contribution in [1.29, 1.82) is 0 Å². The van der Waals surface area contributed by atoms with Gasteiger partial charge in [-0.2, -0.15) is 18.3 Å². The molecule has 0 aromatic carbocycles. The molecule has 2 aromatic heterocycles. The van der Waals surface area contributed by atoms with E-state index in [2.05, 4.69) is 20.6 Å². The topological polar surface area (TPSA) is 72.7 Å². The van der Waals surface area contributed by atoms with Crippen molar-refractivity contribution >= 4 is 34.0 Å². The fraction of sp³-hybridized carbons (Fsp3) is 0.500. The first-order chi connectivity index (χ1) is 10.8. The largest absolute Gasteiger partial charge is 0.436 e. The third kappa shape index (κ3) is 3.47. The molecule has 11 heteroatoms. The van der Waals surface area contributed by atoms with Crippen molar-refractivity contribution < 1.29 is 18.0 Å². The van der Waals surface area contributed by atoms with Crippen LogP contribution in [-0.4, -0.2) is 25.9 Å². The fourth-order valence-corrected chi connectivity index (χ4v) is 3.15. The van der Waals surface area contributed by atoms with E-state index >= 15 is 0 Å². The van der Waals surface area contributed by atoms with Gasteiger partial charge in [-0.15, -0.1) is 10.2 Å². The third-order valence-corrected chi connectivity index (χ3v) is 4.36. The van der Waals surface area contributed by atoms with Gasteiger partial charge in [-0.3, -0.25) is 14.8 Å². The summed E-state index contributed by atoms with van der Waals surface area (Å²) in [5.74, 6) is -0.612. The summed E-state index contributed by atoms with van der Waals surface area (Å²) < 4.78 is 39.8. The van der Waals surface area contributed by atoms with E-state index in [1.54, 1.807) is 6.92 Å². The van der Waals surface area contributed by atoms with E-state index in [0.717, 1.165) is 17.5 Å². The van der Waals surface area contributed by atoms with E-state index < -0.39 is 22.8 Å². The second kappa shape index (κ2) is 5.75. The van der Waals surface area contributed by atoms with E-state index in [0.29, 0.717) is 5.01 Å². The fourth-order valence-electron chi connectivity index (χ4n) is 2.14. The quantitative estimate of drug-likeness (QED) is 0.902. The van der Waals surface area contributed by atoms with Crippen molar-refractivity contribution in [3.05, 3.63) is 21.4 Å². The Morgan fingerprint density at radius 2 is 2.13 bits per heavy atom. The van der Waals surface area contributed by atoms with E-state index in [1.165, 1.54) is 11.3 Å². The minimum absolute atomic E-state index is 0.0809. The SMILES string of the molecule is Cc1nnc(NC(=O)Cn2nc(C(F)(F)F)c(Cl)c2C2CC2)s1. The van der Waals surface area contributed by atoms with Gasteiger partial charge < -0.3 is 0 Å². The summed E-state index contributed by atoms with van der Waals surface area (Å²) in [7, 11) is 0. The van der Waals surface area contributed by atoms with Crippen LogP contribution in [0.1, 0.15) is 35.2 Å². The zero-order valence-electron chi connectivity index (χ0n) is 11.8. The molecule has 1 aliphatic rings. The number of amides is 1. The van der Waals surface area contributed by atoms with Gasteiger partial charge in [-0.25, -0.2) is 0 Å². The number of aryl methyl sites for hydroxylation is 1. The summed E-state index contributed by atoms with van der Waals surface area (Å²) in [6.45, 7) is 1.36. The van der Waals surface area contributed by atoms with Crippen molar-refractivity contribution in [3.63, 3.8) is 0 Å². The molecule has 1 fully saturated rings. The van der Waals surface area contributed by atoms with Gasteiger partial charge in [0.15, 0.2) is 5.69 Å². The Hall–Kier alpha value is -1.68. The molecule has 23 heavy (non-hydrogen) atoms. The Bertz CT molecular complexity index is 752. The van der Waals surface area contributed by atoms with Gasteiger partial charge in [0.05, 0.1) is 10.7 Å². The first-order valence-corrected chi connectivity index (χ1v) is 7.88. The molecule has 3 rings (SSSR count). The lowest BCUT2D eigenvalue weighted by Crippen LogP contribution is -2.21. The van der Waals surface area contributed by atoms with Crippen LogP contribution in [-0.2, 0) is 17.5 Å². The molecule has 2 heterocycles. The number of aromatic nitrogens is 4. The van der Waals surface area contributed by atoms with Gasteiger partial charge in [0, 0.05) is 5.92 Å². The number of hydrogen-bond donors (Lipinski definition) is 1. The standard InChI is InChI=1S/C12H11ClF3N5OS/c1-5-18-19-11(23-5)17-7(22)4-21-9(6-2-3-6)8(13)10(20-21)12(14,15)16/h6H,2-4H2,1H3,(H,17,19,22). The number of nitrogens with one attached hydrogen (secondary N) is 1. The van der Waals surface area contributed by atoms with Crippen molar-refractivity contribution in [3.8, 4) is 0 Å². The molecular weight excluding hydrogens is 355 g/mol. The van der Waals surface area contributed by atoms with E-state index in [-0.39, 0.29) is 23.3 Å². The summed E-state index contributed by atoms with van der Waals surface area (Å²) in [5, 5.41) is 14.0. The van der Waals surface area contributed by atoms with Gasteiger partial charge in [-0.05, 0) is 19.8 Å². The van der Waals surface area contributed by atoms with Crippen LogP contribution in [0.15, 0.2) is 0 Å². The number of anilines is 1. The maximum Gasteiger partial charge on any atom is 0.436 e. The average molecular weight is 366 g/mol. The zero-order valence-corrected chi connectivity index (χ0v) is 13.4. The van der Waals surface area contributed by atoms with Crippen LogP contribution in [0.2, 0.25) is 5.02 Å². The van der Waals surface area contributed by atoms with Crippen molar-refractivity contribution in [2.24, 2.45) is 0 Å². The molecule has 1 amide bonds. The third-order valence-electron chi connectivity index (χ3n) is 3.23. The molecule has 0 saturated heterocycles. The summed E-state index contributed by atoms with van der Waals surface area (Å²) in [4.78, 5) is 12.0. The van der Waals surface area contributed by atoms with Gasteiger partial charge in [-0.1, -0.05) is 22.9 Å². The monoisotopic (exact) mass is 365 g/mol. The predicted molar refractivity (Wildman–Crippen MR) is 77.5 cm³/mol. The lowest BCUT2D eigenvalue weighted by Gasteiger charge is -2.06. The van der Waals surface area contributed by atoms with Gasteiger partial charge in [0.2, 0.25) is 11.0 Å². The van der Waals surface area contributed by atoms with Crippen molar-refractivity contribution in [2.45, 2.75) is 38.4 Å². The molecule has 2 aromatic rings. The lowest BCUT2D eigenvalue weighted by molar-refractivity contribution is -0.141. The average Bonchev–Trinajstić information content (AvgIpc) is 3.09. The molecular formula is C12H11ClF3N5OS. The Balaban J connectivity index is 1.83. The number of hydrogen-bond acceptors (Lipinski definition) is 5. The summed E-state index contributed by atoms with van der Waals surface area (Å²) >= 11 is 7.01. The second-order valence-corrected chi connectivity index (χ2v) is 6.71. The lowest BCUT2D eigenvalue weighted by atomic mass is 10.2. The highest BCUT2D eigenvalue weighted by molar-refractivity contribution is 7.15. The molecule has 0 spiro atoms. The number of alkyl halides is 3. The smallest absolute Gasteiger partial charge is 0.299 e. The Kier molecular flexibility index (Phi) is 4.05. The Labute approximate surface area is 137 Å². The van der Waals surface area contributed by atoms with Crippen LogP contribution in [0.4, 0.5) is 18.3 Å². The summed E-state index contributed by atoms with van der Waals surface area (Å²) in [6.07, 6.45) is -3.18. The van der Waals surface area contributed by atoms with Crippen LogP contribution in [0.5, 0.6) is 0 Å². The highest BCUT2D eigenvalue weighted by Crippen LogP contribution is 2.46. The minimum atomic E-state index is -4.65. The van der Waals surface area contributed by atoms with E-state index in [9.17, 15) is 18.0 Å². The highest BCUT2D eigenvalue weighted by Gasteiger charge is 2.42. The number of halogens is 4. The maximum absolute atomic E-state index is 12.9. The van der Waals surface area contributed by atoms with Crippen molar-refractivity contribution in [1.82, 2.24) is 20.0 Å². The molecule has 0 bridgehead atoms. The second-order valence-electron chi connectivity index (χ2n) is 5.15. The zero-order chi connectivity index (χ0) is 16.8. The van der Waals surface area contributed by atoms with Crippen LogP contribution in [0, 0.1) is 6.92 Å². The normalized spacial score (nSPS) is 15.0. The summed E-state index contributed by atoms with van der Waals surface area (Å²) in [6, 6.07) is 0. The predicted octanol–water partition coefficient (Wildman–Crippen LogP) is 3.23. The van der Waals surface area contributed by atoms with Crippen LogP contribution < -0.4 is 5.32 Å². The minimum Gasteiger partial charge on any atom is -0.299 e. The molecule has 0 radical (unpaired) electrons. The molecule has 0 aliphatic heterocycles. The molecule has 6 nitrogen and oxygen atoms in total. The number of rotatable bonds is 4. The van der Waals surface area contributed by atoms with Crippen molar-refractivity contribution in [2.75, 3.05) is 5.32 Å². The van der Waals surface area contributed by atoms with Gasteiger partial charge in [0.1, 0.15) is 11.6 Å². The van der Waals surface area contributed by atoms with Crippen LogP contribution in [0.25, 0.3) is 0 Å². The molecule has 1 aliphatic carbocycles. The number of nitrogens with zero attached hydrogens (tertiary/aromatic N) is 4. The van der Waals surface area contributed by atoms with Crippen LogP contribution >= 0.6 is 22.9 Å². The Morgan fingerprint density at radius 3 is 2.65 bits per heavy atom. The van der Waals surface area contributed by atoms with E-state index in [4.69, 9.17) is 11.6 Å². The maximum atomic E-state index is 12.9. The summed E-state index contributed by atoms with van der Waals surface area (Å²) in [5.41, 5.74) is -0.886. The Morgan fingerprint density at radius 1 is 1.43 bits per heavy atom. The molecule has 0 atom stereocenters. The number of carbonyl (C=O) groups is 1.